The van der Waals surface area contributed by atoms with E-state index in [9.17, 15) is 0 Å². The fourth-order valence-corrected chi connectivity index (χ4v) is 2.27. The van der Waals surface area contributed by atoms with Crippen LogP contribution < -0.4 is 4.90 Å². The van der Waals surface area contributed by atoms with Crippen LogP contribution in [-0.4, -0.2) is 23.1 Å². The predicted octanol–water partition coefficient (Wildman–Crippen LogP) is 2.35. The van der Waals surface area contributed by atoms with Gasteiger partial charge in [-0.3, -0.25) is 0 Å². The molecule has 1 aliphatic rings. The Hall–Kier alpha value is -1.12. The molecule has 82 valence electrons. The maximum atomic E-state index is 4.29. The Labute approximate surface area is 91.5 Å². The summed E-state index contributed by atoms with van der Waals surface area (Å²) in [6, 6.07) is 2.00. The molecule has 1 aromatic heterocycles. The second-order valence-electron chi connectivity index (χ2n) is 4.64. The van der Waals surface area contributed by atoms with Gasteiger partial charge in [-0.2, -0.15) is 0 Å². The Morgan fingerprint density at radius 2 is 2.07 bits per heavy atom. The standard InChI is InChI=1S/C12H19N3/c1-10(2)11-4-7-15(8-5-11)12-3-6-13-9-14-12/h3,6,9-11H,4-5,7-8H2,1-2H3. The van der Waals surface area contributed by atoms with Crippen molar-refractivity contribution in [1.82, 2.24) is 9.97 Å². The smallest absolute Gasteiger partial charge is 0.131 e. The first-order valence-corrected chi connectivity index (χ1v) is 5.78. The van der Waals surface area contributed by atoms with E-state index in [0.717, 1.165) is 30.7 Å². The van der Waals surface area contributed by atoms with E-state index < -0.39 is 0 Å². The number of aromatic nitrogens is 2. The lowest BCUT2D eigenvalue weighted by Crippen LogP contribution is -2.35. The van der Waals surface area contributed by atoms with Crippen LogP contribution in [0, 0.1) is 11.8 Å². The zero-order valence-electron chi connectivity index (χ0n) is 9.56. The molecule has 0 N–H and O–H groups in total. The molecule has 0 unspecified atom stereocenters. The minimum Gasteiger partial charge on any atom is -0.357 e. The molecule has 3 heteroatoms. The third-order valence-corrected chi connectivity index (χ3v) is 3.37. The lowest BCUT2D eigenvalue weighted by Gasteiger charge is -2.34. The lowest BCUT2D eigenvalue weighted by molar-refractivity contribution is 0.310. The van der Waals surface area contributed by atoms with Crippen LogP contribution in [0.5, 0.6) is 0 Å². The Morgan fingerprint density at radius 1 is 1.33 bits per heavy atom. The van der Waals surface area contributed by atoms with Gasteiger partial charge in [-0.05, 0) is 30.7 Å². The summed E-state index contributed by atoms with van der Waals surface area (Å²) in [7, 11) is 0. The number of anilines is 1. The summed E-state index contributed by atoms with van der Waals surface area (Å²) < 4.78 is 0. The molecule has 0 spiro atoms. The van der Waals surface area contributed by atoms with Crippen molar-refractivity contribution in [2.75, 3.05) is 18.0 Å². The zero-order valence-corrected chi connectivity index (χ0v) is 9.56. The van der Waals surface area contributed by atoms with Gasteiger partial charge in [-0.1, -0.05) is 13.8 Å². The molecule has 2 heterocycles. The van der Waals surface area contributed by atoms with Crippen LogP contribution >= 0.6 is 0 Å². The molecule has 0 atom stereocenters. The van der Waals surface area contributed by atoms with Crippen molar-refractivity contribution in [1.29, 1.82) is 0 Å². The number of piperidine rings is 1. The Morgan fingerprint density at radius 3 is 2.60 bits per heavy atom. The maximum Gasteiger partial charge on any atom is 0.131 e. The van der Waals surface area contributed by atoms with Gasteiger partial charge in [0.2, 0.25) is 0 Å². The van der Waals surface area contributed by atoms with Crippen LogP contribution in [0.25, 0.3) is 0 Å². The van der Waals surface area contributed by atoms with Crippen molar-refractivity contribution in [2.45, 2.75) is 26.7 Å². The van der Waals surface area contributed by atoms with Crippen molar-refractivity contribution >= 4 is 5.82 Å². The van der Waals surface area contributed by atoms with Crippen molar-refractivity contribution in [2.24, 2.45) is 11.8 Å². The molecular weight excluding hydrogens is 186 g/mol. The second-order valence-corrected chi connectivity index (χ2v) is 4.64. The highest BCUT2D eigenvalue weighted by Crippen LogP contribution is 2.26. The molecule has 0 aromatic carbocycles. The van der Waals surface area contributed by atoms with Crippen LogP contribution in [-0.2, 0) is 0 Å². The highest BCUT2D eigenvalue weighted by Gasteiger charge is 2.21. The summed E-state index contributed by atoms with van der Waals surface area (Å²) in [5.41, 5.74) is 0. The summed E-state index contributed by atoms with van der Waals surface area (Å²) in [6.07, 6.45) is 6.03. The molecule has 1 saturated heterocycles. The molecule has 0 amide bonds. The van der Waals surface area contributed by atoms with E-state index in [1.54, 1.807) is 6.33 Å². The van der Waals surface area contributed by atoms with E-state index in [1.807, 2.05) is 12.3 Å². The van der Waals surface area contributed by atoms with Gasteiger partial charge in [0.15, 0.2) is 0 Å². The van der Waals surface area contributed by atoms with Gasteiger partial charge in [0, 0.05) is 19.3 Å². The van der Waals surface area contributed by atoms with E-state index in [1.165, 1.54) is 12.8 Å². The minimum atomic E-state index is 0.817. The van der Waals surface area contributed by atoms with Gasteiger partial charge in [0.05, 0.1) is 0 Å². The third-order valence-electron chi connectivity index (χ3n) is 3.37. The first-order chi connectivity index (χ1) is 7.27. The topological polar surface area (TPSA) is 29.0 Å². The van der Waals surface area contributed by atoms with Crippen molar-refractivity contribution in [3.63, 3.8) is 0 Å². The third kappa shape index (κ3) is 2.46. The lowest BCUT2D eigenvalue weighted by atomic mass is 9.87. The molecule has 0 saturated carbocycles. The fraction of sp³-hybridized carbons (Fsp3) is 0.667. The van der Waals surface area contributed by atoms with Gasteiger partial charge in [-0.15, -0.1) is 0 Å². The highest BCUT2D eigenvalue weighted by atomic mass is 15.2. The van der Waals surface area contributed by atoms with Crippen LogP contribution in [0.1, 0.15) is 26.7 Å². The maximum absolute atomic E-state index is 4.29. The van der Waals surface area contributed by atoms with Crippen molar-refractivity contribution in [3.05, 3.63) is 18.6 Å². The molecule has 2 rings (SSSR count). The van der Waals surface area contributed by atoms with E-state index in [-0.39, 0.29) is 0 Å². The van der Waals surface area contributed by atoms with Crippen LogP contribution in [0.15, 0.2) is 18.6 Å². The SMILES string of the molecule is CC(C)C1CCN(c2ccncn2)CC1. The van der Waals surface area contributed by atoms with Crippen LogP contribution in [0.4, 0.5) is 5.82 Å². The van der Waals surface area contributed by atoms with E-state index in [2.05, 4.69) is 28.7 Å². The van der Waals surface area contributed by atoms with E-state index >= 15 is 0 Å². The van der Waals surface area contributed by atoms with Gasteiger partial charge >= 0.3 is 0 Å². The molecule has 0 radical (unpaired) electrons. The van der Waals surface area contributed by atoms with Gasteiger partial charge in [0.25, 0.3) is 0 Å². The van der Waals surface area contributed by atoms with E-state index in [0.29, 0.717) is 0 Å². The molecule has 15 heavy (non-hydrogen) atoms. The molecule has 1 aromatic rings. The average molecular weight is 205 g/mol. The average Bonchev–Trinajstić information content (AvgIpc) is 2.30. The summed E-state index contributed by atoms with van der Waals surface area (Å²) in [4.78, 5) is 10.6. The number of hydrogen-bond acceptors (Lipinski definition) is 3. The van der Waals surface area contributed by atoms with Crippen molar-refractivity contribution < 1.29 is 0 Å². The van der Waals surface area contributed by atoms with Gasteiger partial charge < -0.3 is 4.90 Å². The number of nitrogens with zero attached hydrogens (tertiary/aromatic N) is 3. The summed E-state index contributed by atoms with van der Waals surface area (Å²) in [6.45, 7) is 6.93. The van der Waals surface area contributed by atoms with Crippen LogP contribution in [0.3, 0.4) is 0 Å². The molecule has 3 nitrogen and oxygen atoms in total. The monoisotopic (exact) mass is 205 g/mol. The first kappa shape index (κ1) is 10.4. The summed E-state index contributed by atoms with van der Waals surface area (Å²) in [5, 5.41) is 0. The van der Waals surface area contributed by atoms with Gasteiger partial charge in [-0.25, -0.2) is 9.97 Å². The Balaban J connectivity index is 1.94. The Kier molecular flexibility index (Phi) is 3.19. The molecular formula is C12H19N3. The molecule has 0 bridgehead atoms. The molecule has 1 aliphatic heterocycles. The summed E-state index contributed by atoms with van der Waals surface area (Å²) in [5.74, 6) is 2.79. The highest BCUT2D eigenvalue weighted by molar-refractivity contribution is 5.36. The van der Waals surface area contributed by atoms with Crippen molar-refractivity contribution in [3.8, 4) is 0 Å². The van der Waals surface area contributed by atoms with E-state index in [4.69, 9.17) is 0 Å². The second kappa shape index (κ2) is 4.60. The minimum absolute atomic E-state index is 0.817. The predicted molar refractivity (Wildman–Crippen MR) is 61.8 cm³/mol. The summed E-state index contributed by atoms with van der Waals surface area (Å²) >= 11 is 0. The zero-order chi connectivity index (χ0) is 10.7. The first-order valence-electron chi connectivity index (χ1n) is 5.78. The molecule has 0 aliphatic carbocycles. The van der Waals surface area contributed by atoms with Crippen LogP contribution in [0.2, 0.25) is 0 Å². The Bertz CT molecular complexity index is 289. The van der Waals surface area contributed by atoms with Gasteiger partial charge in [0.1, 0.15) is 12.1 Å². The normalized spacial score (nSPS) is 18.5. The number of rotatable bonds is 2. The quantitative estimate of drug-likeness (QED) is 0.742. The largest absolute Gasteiger partial charge is 0.357 e. The number of hydrogen-bond donors (Lipinski definition) is 0. The fourth-order valence-electron chi connectivity index (χ4n) is 2.27. The molecule has 1 fully saturated rings.